The van der Waals surface area contributed by atoms with Crippen LogP contribution in [0.15, 0.2) is 144 Å². The second-order valence-electron chi connectivity index (χ2n) is 13.8. The third kappa shape index (κ3) is 6.58. The quantitative estimate of drug-likeness (QED) is 0.157. The second-order valence-corrected chi connectivity index (χ2v) is 15.9. The maximum Gasteiger partial charge on any atom is 0.164 e. The summed E-state index contributed by atoms with van der Waals surface area (Å²) in [6.07, 6.45) is 10.3. The predicted octanol–water partition coefficient (Wildman–Crippen LogP) is 13.5. The summed E-state index contributed by atoms with van der Waals surface area (Å²) in [5, 5.41) is 11.6. The first kappa shape index (κ1) is 35.9. The van der Waals surface area contributed by atoms with E-state index in [2.05, 4.69) is 56.0 Å². The number of nitrogens with two attached hydrogens (primary N) is 1. The van der Waals surface area contributed by atoms with Crippen LogP contribution >= 0.6 is 22.7 Å². The molecule has 0 aliphatic heterocycles. The number of furan rings is 1. The molecular formula is C49H37N5OS2. The van der Waals surface area contributed by atoms with Crippen molar-refractivity contribution in [1.82, 2.24) is 15.0 Å². The van der Waals surface area contributed by atoms with Crippen molar-refractivity contribution in [2.24, 2.45) is 0 Å². The Morgan fingerprint density at radius 3 is 2.23 bits per heavy atom. The Kier molecular flexibility index (Phi) is 9.50. The van der Waals surface area contributed by atoms with E-state index in [0.717, 1.165) is 59.5 Å². The Bertz CT molecular complexity index is 3040. The van der Waals surface area contributed by atoms with Crippen LogP contribution in [0.4, 0.5) is 5.69 Å². The standard InChI is InChI=1S/C34H25N3OS.C15H12N2S/c1-4-10-23-24-17-16-22(19-27(24)38-26(23)5-2)33-35-32(21-11-7-6-8-12-21)36-34(37-33)25-13-9-14-28-31(25)30-20(3)15-18-29(30)39-28;16-13(10-6-2-1-3-7-10)15-14(17)11-8-4-5-9-12(11)18-15/h4-20H,2H2,1,3H3;1-9,16H,17H2/b10-4-;. The van der Waals surface area contributed by atoms with E-state index in [-0.39, 0.29) is 0 Å². The van der Waals surface area contributed by atoms with Crippen molar-refractivity contribution in [3.63, 3.8) is 0 Å². The van der Waals surface area contributed by atoms with Crippen LogP contribution in [0.25, 0.3) is 83.5 Å². The van der Waals surface area contributed by atoms with Crippen LogP contribution in [0.2, 0.25) is 0 Å². The molecular weight excluding hydrogens is 739 g/mol. The van der Waals surface area contributed by atoms with E-state index in [1.807, 2.05) is 121 Å². The van der Waals surface area contributed by atoms with Gasteiger partial charge in [-0.3, -0.25) is 5.41 Å². The minimum absolute atomic E-state index is 0.358. The monoisotopic (exact) mass is 775 g/mol. The Morgan fingerprint density at radius 1 is 0.772 bits per heavy atom. The maximum atomic E-state index is 8.27. The Labute approximate surface area is 338 Å². The summed E-state index contributed by atoms with van der Waals surface area (Å²) in [5.41, 5.74) is 14.3. The molecule has 3 N–H and O–H groups in total. The molecule has 6 nitrogen and oxygen atoms in total. The van der Waals surface area contributed by atoms with Crippen molar-refractivity contribution in [2.75, 3.05) is 5.73 Å². The first-order chi connectivity index (χ1) is 27.9. The molecule has 0 fully saturated rings. The molecule has 0 saturated heterocycles. The number of hydrogen-bond donors (Lipinski definition) is 2. The van der Waals surface area contributed by atoms with Gasteiger partial charge in [0.05, 0.1) is 16.3 Å². The molecule has 0 saturated carbocycles. The number of nitrogens with zero attached hydrogens (tertiary/aromatic N) is 3. The zero-order chi connectivity index (χ0) is 39.0. The van der Waals surface area contributed by atoms with E-state index in [9.17, 15) is 0 Å². The number of aromatic nitrogens is 3. The van der Waals surface area contributed by atoms with Crippen molar-refractivity contribution >= 4 is 83.4 Å². The number of rotatable bonds is 7. The molecule has 9 aromatic rings. The van der Waals surface area contributed by atoms with E-state index < -0.39 is 0 Å². The van der Waals surface area contributed by atoms with Gasteiger partial charge < -0.3 is 10.2 Å². The number of thiophene rings is 2. The summed E-state index contributed by atoms with van der Waals surface area (Å²) in [7, 11) is 0. The summed E-state index contributed by atoms with van der Waals surface area (Å²) in [4.78, 5) is 17.2. The molecule has 0 radical (unpaired) electrons. The molecule has 1 unspecified atom stereocenters. The lowest BCUT2D eigenvalue weighted by Crippen LogP contribution is -2.01. The van der Waals surface area contributed by atoms with Crippen LogP contribution in [0.5, 0.6) is 0 Å². The SMILES string of the molecule is C=Cc1oc2cc(-c3nc(-c4ccccc4)nc(-c4cccc5sc6c(c45)C(C)C=C6)n3)ccc2c1/C=C\C.N=C(c1ccccc1)c1sc2ccccc2c1N. The third-order valence-electron chi connectivity index (χ3n) is 10.1. The number of nitrogen functional groups attached to an aromatic ring is 1. The fourth-order valence-electron chi connectivity index (χ4n) is 7.37. The van der Waals surface area contributed by atoms with Gasteiger partial charge in [0.2, 0.25) is 0 Å². The Morgan fingerprint density at radius 2 is 1.47 bits per heavy atom. The molecule has 4 aromatic heterocycles. The third-order valence-corrected chi connectivity index (χ3v) is 12.5. The minimum Gasteiger partial charge on any atom is -0.456 e. The highest BCUT2D eigenvalue weighted by Crippen LogP contribution is 2.45. The van der Waals surface area contributed by atoms with Gasteiger partial charge in [0, 0.05) is 64.2 Å². The molecule has 4 heterocycles. The summed E-state index contributed by atoms with van der Waals surface area (Å²) in [6.45, 7) is 8.17. The van der Waals surface area contributed by atoms with Gasteiger partial charge in [-0.25, -0.2) is 15.0 Å². The lowest BCUT2D eigenvalue weighted by atomic mass is 9.98. The summed E-state index contributed by atoms with van der Waals surface area (Å²) < 4.78 is 8.54. The van der Waals surface area contributed by atoms with Crippen molar-refractivity contribution in [2.45, 2.75) is 19.8 Å². The number of anilines is 1. The van der Waals surface area contributed by atoms with Gasteiger partial charge in [-0.1, -0.05) is 129 Å². The average Bonchev–Trinajstić information content (AvgIpc) is 4.02. The largest absolute Gasteiger partial charge is 0.456 e. The fraction of sp³-hybridized carbons (Fsp3) is 0.0612. The zero-order valence-electron chi connectivity index (χ0n) is 31.4. The highest BCUT2D eigenvalue weighted by atomic mass is 32.1. The molecule has 1 aliphatic rings. The van der Waals surface area contributed by atoms with Gasteiger partial charge in [0.25, 0.3) is 0 Å². The number of fused-ring (bicyclic) bond motifs is 5. The predicted molar refractivity (Wildman–Crippen MR) is 242 cm³/mol. The van der Waals surface area contributed by atoms with E-state index >= 15 is 0 Å². The van der Waals surface area contributed by atoms with Gasteiger partial charge in [-0.05, 0) is 48.9 Å². The smallest absolute Gasteiger partial charge is 0.164 e. The molecule has 57 heavy (non-hydrogen) atoms. The van der Waals surface area contributed by atoms with Crippen molar-refractivity contribution in [1.29, 1.82) is 5.41 Å². The molecule has 0 spiro atoms. The van der Waals surface area contributed by atoms with Gasteiger partial charge in [0.1, 0.15) is 11.3 Å². The number of allylic oxidation sites excluding steroid dienone is 2. The van der Waals surface area contributed by atoms with Crippen LogP contribution in [0.1, 0.15) is 52.0 Å². The van der Waals surface area contributed by atoms with Crippen molar-refractivity contribution in [3.8, 4) is 34.2 Å². The molecule has 0 bridgehead atoms. The van der Waals surface area contributed by atoms with E-state index in [1.54, 1.807) is 17.4 Å². The normalized spacial score (nSPS) is 13.3. The molecule has 1 atom stereocenters. The fourth-order valence-corrected chi connectivity index (χ4v) is 9.72. The number of benzene rings is 5. The Balaban J connectivity index is 0.000000196. The summed E-state index contributed by atoms with van der Waals surface area (Å²) >= 11 is 3.40. The molecule has 0 amide bonds. The van der Waals surface area contributed by atoms with Gasteiger partial charge in [0.15, 0.2) is 17.5 Å². The lowest BCUT2D eigenvalue weighted by Gasteiger charge is -2.11. The number of nitrogens with one attached hydrogen (secondary N) is 1. The Hall–Kier alpha value is -6.74. The summed E-state index contributed by atoms with van der Waals surface area (Å²) in [5.74, 6) is 3.04. The second kappa shape index (κ2) is 15.1. The van der Waals surface area contributed by atoms with Crippen LogP contribution < -0.4 is 5.73 Å². The first-order valence-corrected chi connectivity index (χ1v) is 20.3. The minimum atomic E-state index is 0.358. The average molecular weight is 776 g/mol. The van der Waals surface area contributed by atoms with Gasteiger partial charge in [-0.15, -0.1) is 22.7 Å². The van der Waals surface area contributed by atoms with Crippen LogP contribution in [0, 0.1) is 5.41 Å². The van der Waals surface area contributed by atoms with Crippen LogP contribution in [-0.4, -0.2) is 20.7 Å². The number of hydrogen-bond acceptors (Lipinski definition) is 8. The highest BCUT2D eigenvalue weighted by Gasteiger charge is 2.24. The summed E-state index contributed by atoms with van der Waals surface area (Å²) in [6, 6.07) is 40.3. The van der Waals surface area contributed by atoms with E-state index in [1.165, 1.54) is 20.5 Å². The van der Waals surface area contributed by atoms with Crippen LogP contribution in [0.3, 0.4) is 0 Å². The highest BCUT2D eigenvalue weighted by molar-refractivity contribution is 7.22. The van der Waals surface area contributed by atoms with Gasteiger partial charge >= 0.3 is 0 Å². The van der Waals surface area contributed by atoms with Gasteiger partial charge in [-0.2, -0.15) is 0 Å². The van der Waals surface area contributed by atoms with Crippen molar-refractivity contribution < 1.29 is 4.42 Å². The molecule has 1 aliphatic carbocycles. The van der Waals surface area contributed by atoms with E-state index in [4.69, 9.17) is 30.5 Å². The van der Waals surface area contributed by atoms with Crippen molar-refractivity contribution in [3.05, 3.63) is 172 Å². The molecule has 10 rings (SSSR count). The van der Waals surface area contributed by atoms with E-state index in [0.29, 0.717) is 34.8 Å². The lowest BCUT2D eigenvalue weighted by molar-refractivity contribution is 0.603. The zero-order valence-corrected chi connectivity index (χ0v) is 33.0. The topological polar surface area (TPSA) is 102 Å². The molecule has 8 heteroatoms. The van der Waals surface area contributed by atoms with Crippen LogP contribution in [-0.2, 0) is 0 Å². The first-order valence-electron chi connectivity index (χ1n) is 18.7. The maximum absolute atomic E-state index is 8.27. The molecule has 5 aromatic carbocycles. The molecule has 276 valence electrons.